The fraction of sp³-hybridized carbons (Fsp3) is 0.192. The molecule has 1 aromatic heterocycles. The minimum atomic E-state index is -1.01. The zero-order chi connectivity index (χ0) is 26.0. The highest BCUT2D eigenvalue weighted by atomic mass is 35.5. The number of allylic oxidation sites excluding steroid dienone is 1. The summed E-state index contributed by atoms with van der Waals surface area (Å²) in [5.74, 6) is -1.31. The van der Waals surface area contributed by atoms with E-state index in [1.165, 1.54) is 35.3 Å². The molecule has 0 N–H and O–H groups in total. The van der Waals surface area contributed by atoms with Crippen LogP contribution in [0.5, 0.6) is 0 Å². The molecule has 2 heterocycles. The molecule has 0 fully saturated rings. The number of benzene rings is 2. The molecule has 10 heteroatoms. The van der Waals surface area contributed by atoms with E-state index in [-0.39, 0.29) is 22.2 Å². The Bertz CT molecular complexity index is 1380. The molecule has 184 valence electrons. The Labute approximate surface area is 216 Å². The van der Waals surface area contributed by atoms with Crippen LogP contribution >= 0.6 is 22.9 Å². The molecule has 2 aromatic carbocycles. The van der Waals surface area contributed by atoms with E-state index in [0.29, 0.717) is 21.8 Å². The lowest BCUT2D eigenvalue weighted by Crippen LogP contribution is -2.42. The topological polar surface area (TPSA) is 82.4 Å². The molecule has 2 amide bonds. The van der Waals surface area contributed by atoms with Gasteiger partial charge in [0.2, 0.25) is 5.91 Å². The third-order valence-electron chi connectivity index (χ3n) is 5.95. The third kappa shape index (κ3) is 4.72. The number of aliphatic imine (C=N–C) groups is 1. The maximum Gasteiger partial charge on any atom is 0.277 e. The first-order valence-corrected chi connectivity index (χ1v) is 12.3. The number of amides is 2. The van der Waals surface area contributed by atoms with Crippen LogP contribution < -0.4 is 0 Å². The van der Waals surface area contributed by atoms with Crippen LogP contribution in [0.25, 0.3) is 0 Å². The zero-order valence-corrected chi connectivity index (χ0v) is 21.3. The van der Waals surface area contributed by atoms with E-state index < -0.39 is 23.8 Å². The van der Waals surface area contributed by atoms with Gasteiger partial charge in [-0.1, -0.05) is 54.1 Å². The van der Waals surface area contributed by atoms with Gasteiger partial charge in [-0.2, -0.15) is 5.01 Å². The smallest absolute Gasteiger partial charge is 0.274 e. The molecule has 0 spiro atoms. The molecule has 0 unspecified atom stereocenters. The fourth-order valence-corrected chi connectivity index (χ4v) is 5.17. The summed E-state index contributed by atoms with van der Waals surface area (Å²) in [4.78, 5) is 45.5. The van der Waals surface area contributed by atoms with Crippen molar-refractivity contribution in [3.63, 3.8) is 0 Å². The van der Waals surface area contributed by atoms with Crippen LogP contribution in [0.3, 0.4) is 0 Å². The monoisotopic (exact) mass is 524 g/mol. The van der Waals surface area contributed by atoms with Crippen molar-refractivity contribution < 1.29 is 14.0 Å². The van der Waals surface area contributed by atoms with Crippen LogP contribution in [-0.4, -0.2) is 27.6 Å². The number of amidine groups is 1. The van der Waals surface area contributed by atoms with Crippen molar-refractivity contribution in [2.45, 2.75) is 32.9 Å². The van der Waals surface area contributed by atoms with Crippen LogP contribution in [0.4, 0.5) is 4.39 Å². The predicted molar refractivity (Wildman–Crippen MR) is 138 cm³/mol. The Kier molecular flexibility index (Phi) is 7.42. The molecule has 36 heavy (non-hydrogen) atoms. The fourth-order valence-electron chi connectivity index (χ4n) is 4.19. The number of rotatable bonds is 6. The van der Waals surface area contributed by atoms with Crippen molar-refractivity contribution >= 4 is 40.6 Å². The number of nitrogens with zero attached hydrogens (tertiary/aromatic N) is 4. The van der Waals surface area contributed by atoms with E-state index in [1.807, 2.05) is 17.5 Å². The van der Waals surface area contributed by atoms with Gasteiger partial charge in [0.15, 0.2) is 5.84 Å². The Hall–Kier alpha value is -3.69. The molecule has 0 bridgehead atoms. The highest BCUT2D eigenvalue weighted by Gasteiger charge is 2.40. The van der Waals surface area contributed by atoms with Gasteiger partial charge in [0.05, 0.1) is 21.8 Å². The number of hydrogen-bond acceptors (Lipinski definition) is 6. The average Bonchev–Trinajstić information content (AvgIpc) is 3.39. The van der Waals surface area contributed by atoms with Crippen molar-refractivity contribution in [1.82, 2.24) is 9.91 Å². The number of halogens is 2. The van der Waals surface area contributed by atoms with Crippen molar-refractivity contribution in [3.8, 4) is 0 Å². The molecule has 0 aliphatic carbocycles. The SMILES string of the molecule is CC(=O)N1C(c2cccs2)=N[C@@H](c2ccc(F)cc2Cl)C(C(=O)N(N=O)[C@@H](C)c2ccccc2)=C1C. The minimum Gasteiger partial charge on any atom is -0.274 e. The summed E-state index contributed by atoms with van der Waals surface area (Å²) in [5, 5.41) is 5.76. The van der Waals surface area contributed by atoms with Crippen molar-refractivity contribution in [1.29, 1.82) is 0 Å². The second-order valence-electron chi connectivity index (χ2n) is 8.17. The number of hydrogen-bond donors (Lipinski definition) is 0. The zero-order valence-electron chi connectivity index (χ0n) is 19.7. The van der Waals surface area contributed by atoms with Crippen LogP contribution in [-0.2, 0) is 9.59 Å². The lowest BCUT2D eigenvalue weighted by atomic mass is 9.93. The Balaban J connectivity index is 1.90. The largest absolute Gasteiger partial charge is 0.277 e. The van der Waals surface area contributed by atoms with E-state index in [1.54, 1.807) is 44.2 Å². The van der Waals surface area contributed by atoms with Gasteiger partial charge in [-0.05, 0) is 43.0 Å². The second kappa shape index (κ2) is 10.5. The van der Waals surface area contributed by atoms with Gasteiger partial charge in [0.25, 0.3) is 5.91 Å². The van der Waals surface area contributed by atoms with Gasteiger partial charge >= 0.3 is 0 Å². The second-order valence-corrected chi connectivity index (χ2v) is 9.52. The van der Waals surface area contributed by atoms with Gasteiger partial charge in [-0.15, -0.1) is 16.2 Å². The van der Waals surface area contributed by atoms with E-state index in [0.717, 1.165) is 11.1 Å². The van der Waals surface area contributed by atoms with Crippen molar-refractivity contribution in [2.75, 3.05) is 0 Å². The van der Waals surface area contributed by atoms with Crippen LogP contribution in [0.15, 0.2) is 87.6 Å². The van der Waals surface area contributed by atoms with E-state index >= 15 is 0 Å². The van der Waals surface area contributed by atoms with E-state index in [9.17, 15) is 18.9 Å². The first-order chi connectivity index (χ1) is 17.2. The number of thiophene rings is 1. The summed E-state index contributed by atoms with van der Waals surface area (Å²) >= 11 is 7.78. The molecule has 7 nitrogen and oxygen atoms in total. The van der Waals surface area contributed by atoms with Gasteiger partial charge in [-0.25, -0.2) is 4.39 Å². The molecule has 4 rings (SSSR count). The minimum absolute atomic E-state index is 0.0430. The molecule has 0 radical (unpaired) electrons. The van der Waals surface area contributed by atoms with Gasteiger partial charge in [-0.3, -0.25) is 19.5 Å². The van der Waals surface area contributed by atoms with E-state index in [2.05, 4.69) is 5.29 Å². The standard InChI is InChI=1S/C26H22ClFN4O3S/c1-15(18-8-5-4-6-9-18)32(30-35)26(34)23-16(2)31(17(3)33)25(22-10-7-13-36-22)29-24(23)20-12-11-19(28)14-21(20)27/h4-15,24H,1-3H3/t15-,24-/m0/s1. The van der Waals surface area contributed by atoms with E-state index in [4.69, 9.17) is 16.6 Å². The summed E-state index contributed by atoms with van der Waals surface area (Å²) in [5.41, 5.74) is 1.38. The summed E-state index contributed by atoms with van der Waals surface area (Å²) in [6.07, 6.45) is 0. The molecular weight excluding hydrogens is 503 g/mol. The lowest BCUT2D eigenvalue weighted by Gasteiger charge is -2.35. The molecule has 0 saturated carbocycles. The van der Waals surface area contributed by atoms with Crippen LogP contribution in [0, 0.1) is 10.7 Å². The molecular formula is C26H22ClFN4O3S. The Morgan fingerprint density at radius 3 is 2.47 bits per heavy atom. The van der Waals surface area contributed by atoms with Crippen LogP contribution in [0.2, 0.25) is 5.02 Å². The highest BCUT2D eigenvalue weighted by Crippen LogP contribution is 2.40. The summed E-state index contributed by atoms with van der Waals surface area (Å²) < 4.78 is 13.9. The van der Waals surface area contributed by atoms with Crippen LogP contribution in [0.1, 0.15) is 48.9 Å². The highest BCUT2D eigenvalue weighted by molar-refractivity contribution is 7.12. The van der Waals surface area contributed by atoms with Gasteiger partial charge < -0.3 is 0 Å². The third-order valence-corrected chi connectivity index (χ3v) is 7.14. The summed E-state index contributed by atoms with van der Waals surface area (Å²) in [6, 6.07) is 14.7. The maximum atomic E-state index is 13.9. The molecule has 1 aliphatic rings. The Morgan fingerprint density at radius 2 is 1.89 bits per heavy atom. The first-order valence-electron chi connectivity index (χ1n) is 11.0. The number of nitroso groups, excluding NO2 is 1. The average molecular weight is 525 g/mol. The molecule has 0 saturated heterocycles. The molecule has 3 aromatic rings. The number of carbonyl (C=O) groups excluding carboxylic acids is 2. The van der Waals surface area contributed by atoms with Gasteiger partial charge in [0.1, 0.15) is 11.9 Å². The van der Waals surface area contributed by atoms with Crippen molar-refractivity contribution in [2.24, 2.45) is 10.3 Å². The normalized spacial score (nSPS) is 16.4. The summed E-state index contributed by atoms with van der Waals surface area (Å²) in [7, 11) is 0. The van der Waals surface area contributed by atoms with Gasteiger partial charge in [0, 0.05) is 23.2 Å². The molecule has 1 aliphatic heterocycles. The Morgan fingerprint density at radius 1 is 1.17 bits per heavy atom. The van der Waals surface area contributed by atoms with Crippen molar-refractivity contribution in [3.05, 3.63) is 109 Å². The quantitative estimate of drug-likeness (QED) is 0.275. The lowest BCUT2D eigenvalue weighted by molar-refractivity contribution is -0.130. The maximum absolute atomic E-state index is 13.9. The predicted octanol–water partition coefficient (Wildman–Crippen LogP) is 6.44. The summed E-state index contributed by atoms with van der Waals surface area (Å²) in [6.45, 7) is 4.65. The number of carbonyl (C=O) groups is 2. The first kappa shape index (κ1) is 25.4. The molecule has 2 atom stereocenters.